The fourth-order valence-electron chi connectivity index (χ4n) is 2.61. The molecule has 0 spiro atoms. The van der Waals surface area contributed by atoms with Gasteiger partial charge < -0.3 is 0 Å². The summed E-state index contributed by atoms with van der Waals surface area (Å²) in [5, 5.41) is 2.45. The van der Waals surface area contributed by atoms with Gasteiger partial charge in [-0.1, -0.05) is 28.1 Å². The Labute approximate surface area is 143 Å². The third-order valence-corrected chi connectivity index (χ3v) is 5.83. The van der Waals surface area contributed by atoms with Crippen LogP contribution in [0.25, 0.3) is 0 Å². The van der Waals surface area contributed by atoms with E-state index in [1.165, 1.54) is 0 Å². The van der Waals surface area contributed by atoms with Crippen molar-refractivity contribution in [1.29, 1.82) is 0 Å². The first kappa shape index (κ1) is 14.9. The normalized spacial score (nSPS) is 22.2. The Kier molecular flexibility index (Phi) is 4.28. The van der Waals surface area contributed by atoms with Crippen molar-refractivity contribution in [1.82, 2.24) is 5.32 Å². The summed E-state index contributed by atoms with van der Waals surface area (Å²) in [7, 11) is 0. The third-order valence-electron chi connectivity index (χ3n) is 3.54. The van der Waals surface area contributed by atoms with Crippen molar-refractivity contribution < 1.29 is 9.59 Å². The van der Waals surface area contributed by atoms with Crippen LogP contribution in [0, 0.1) is 0 Å². The minimum absolute atomic E-state index is 0.108. The Balaban J connectivity index is 2.02. The summed E-state index contributed by atoms with van der Waals surface area (Å²) in [6, 6.07) is 11.6. The van der Waals surface area contributed by atoms with Gasteiger partial charge in [0.1, 0.15) is 0 Å². The number of hydrogen-bond acceptors (Lipinski definition) is 3. The lowest BCUT2D eigenvalue weighted by Gasteiger charge is -2.29. The molecule has 6 heteroatoms. The number of imide groups is 1. The Morgan fingerprint density at radius 3 is 2.38 bits per heavy atom. The van der Waals surface area contributed by atoms with Crippen molar-refractivity contribution in [2.75, 3.05) is 0 Å². The molecule has 1 aliphatic rings. The van der Waals surface area contributed by atoms with E-state index >= 15 is 0 Å². The van der Waals surface area contributed by atoms with Crippen LogP contribution >= 0.6 is 43.2 Å². The molecule has 1 aromatic carbocycles. The highest BCUT2D eigenvalue weighted by Crippen LogP contribution is 2.42. The lowest BCUT2D eigenvalue weighted by molar-refractivity contribution is -0.135. The van der Waals surface area contributed by atoms with Gasteiger partial charge in [-0.3, -0.25) is 14.9 Å². The molecule has 2 unspecified atom stereocenters. The SMILES string of the molecule is O=C1CC(c2ccc(Br)s2)C(c2ccc(Br)cc2)C(=O)N1. The lowest BCUT2D eigenvalue weighted by Crippen LogP contribution is -2.43. The summed E-state index contributed by atoms with van der Waals surface area (Å²) in [4.78, 5) is 25.1. The van der Waals surface area contributed by atoms with E-state index in [1.54, 1.807) is 11.3 Å². The van der Waals surface area contributed by atoms with E-state index < -0.39 is 0 Å². The van der Waals surface area contributed by atoms with Crippen LogP contribution in [-0.4, -0.2) is 11.8 Å². The second-order valence-electron chi connectivity index (χ2n) is 4.89. The summed E-state index contributed by atoms with van der Waals surface area (Å²) in [6.45, 7) is 0. The van der Waals surface area contributed by atoms with Crippen molar-refractivity contribution in [2.24, 2.45) is 0 Å². The van der Waals surface area contributed by atoms with Crippen molar-refractivity contribution in [2.45, 2.75) is 18.3 Å². The van der Waals surface area contributed by atoms with E-state index in [0.717, 1.165) is 18.7 Å². The van der Waals surface area contributed by atoms with Crippen LogP contribution in [0.5, 0.6) is 0 Å². The predicted octanol–water partition coefficient (Wildman–Crippen LogP) is 4.19. The van der Waals surface area contributed by atoms with Gasteiger partial charge in [0, 0.05) is 21.7 Å². The van der Waals surface area contributed by atoms with E-state index in [-0.39, 0.29) is 23.7 Å². The maximum absolute atomic E-state index is 12.3. The van der Waals surface area contributed by atoms with Crippen molar-refractivity contribution >= 4 is 55.0 Å². The monoisotopic (exact) mass is 427 g/mol. The predicted molar refractivity (Wildman–Crippen MR) is 89.4 cm³/mol. The van der Waals surface area contributed by atoms with Crippen LogP contribution in [0.3, 0.4) is 0 Å². The third kappa shape index (κ3) is 3.12. The number of halogens is 2. The molecular formula is C15H11Br2NO2S. The van der Waals surface area contributed by atoms with Gasteiger partial charge in [-0.25, -0.2) is 0 Å². The molecule has 2 heterocycles. The van der Waals surface area contributed by atoms with Crippen molar-refractivity contribution in [3.63, 3.8) is 0 Å². The smallest absolute Gasteiger partial charge is 0.234 e. The highest BCUT2D eigenvalue weighted by molar-refractivity contribution is 9.11. The van der Waals surface area contributed by atoms with E-state index in [9.17, 15) is 9.59 Å². The Morgan fingerprint density at radius 2 is 1.76 bits per heavy atom. The van der Waals surface area contributed by atoms with Crippen LogP contribution in [0.15, 0.2) is 44.7 Å². The molecule has 1 saturated heterocycles. The van der Waals surface area contributed by atoms with E-state index in [1.807, 2.05) is 36.4 Å². The zero-order valence-electron chi connectivity index (χ0n) is 10.8. The molecule has 21 heavy (non-hydrogen) atoms. The number of amides is 2. The van der Waals surface area contributed by atoms with Crippen molar-refractivity contribution in [3.8, 4) is 0 Å². The molecule has 3 nitrogen and oxygen atoms in total. The number of benzene rings is 1. The largest absolute Gasteiger partial charge is 0.296 e. The zero-order chi connectivity index (χ0) is 15.0. The maximum atomic E-state index is 12.3. The second-order valence-corrected chi connectivity index (χ2v) is 8.30. The summed E-state index contributed by atoms with van der Waals surface area (Å²) >= 11 is 8.42. The fraction of sp³-hybridized carbons (Fsp3) is 0.200. The molecule has 108 valence electrons. The summed E-state index contributed by atoms with van der Waals surface area (Å²) < 4.78 is 1.97. The molecule has 1 aromatic heterocycles. The molecule has 1 N–H and O–H groups in total. The number of hydrogen-bond donors (Lipinski definition) is 1. The minimum Gasteiger partial charge on any atom is -0.296 e. The van der Waals surface area contributed by atoms with Crippen LogP contribution in [-0.2, 0) is 9.59 Å². The standard InChI is InChI=1S/C15H11Br2NO2S/c16-9-3-1-8(2-4-9)14-10(7-13(19)18-15(14)20)11-5-6-12(17)21-11/h1-6,10,14H,7H2,(H,18,19,20). The first-order valence-electron chi connectivity index (χ1n) is 6.39. The molecular weight excluding hydrogens is 418 g/mol. The number of piperidine rings is 1. The van der Waals surface area contributed by atoms with Crippen LogP contribution in [0.1, 0.15) is 28.7 Å². The molecule has 0 aliphatic carbocycles. The summed E-state index contributed by atoms with van der Waals surface area (Å²) in [5.74, 6) is -0.865. The van der Waals surface area contributed by atoms with Crippen LogP contribution in [0.4, 0.5) is 0 Å². The van der Waals surface area contributed by atoms with Gasteiger partial charge in [0.25, 0.3) is 0 Å². The highest BCUT2D eigenvalue weighted by atomic mass is 79.9. The summed E-state index contributed by atoms with van der Waals surface area (Å²) in [6.07, 6.45) is 0.333. The first-order chi connectivity index (χ1) is 10.0. The Hall–Kier alpha value is -0.980. The Morgan fingerprint density at radius 1 is 1.05 bits per heavy atom. The molecule has 2 aromatic rings. The molecule has 3 rings (SSSR count). The molecule has 0 saturated carbocycles. The number of carbonyl (C=O) groups is 2. The molecule has 2 atom stereocenters. The first-order valence-corrected chi connectivity index (χ1v) is 8.79. The van der Waals surface area contributed by atoms with E-state index in [0.29, 0.717) is 6.42 Å². The topological polar surface area (TPSA) is 46.2 Å². The number of thiophene rings is 1. The van der Waals surface area contributed by atoms with Crippen LogP contribution < -0.4 is 5.32 Å². The van der Waals surface area contributed by atoms with Gasteiger partial charge in [0.15, 0.2) is 0 Å². The van der Waals surface area contributed by atoms with E-state index in [2.05, 4.69) is 37.2 Å². The van der Waals surface area contributed by atoms with Crippen LogP contribution in [0.2, 0.25) is 0 Å². The maximum Gasteiger partial charge on any atom is 0.234 e. The molecule has 0 bridgehead atoms. The number of nitrogens with one attached hydrogen (secondary N) is 1. The number of carbonyl (C=O) groups excluding carboxylic acids is 2. The highest BCUT2D eigenvalue weighted by Gasteiger charge is 2.38. The quantitative estimate of drug-likeness (QED) is 0.729. The van der Waals surface area contributed by atoms with Gasteiger partial charge in [0.05, 0.1) is 9.70 Å². The number of rotatable bonds is 2. The Bertz CT molecular complexity index is 696. The zero-order valence-corrected chi connectivity index (χ0v) is 14.8. The average Bonchev–Trinajstić information content (AvgIpc) is 2.86. The van der Waals surface area contributed by atoms with Gasteiger partial charge in [-0.2, -0.15) is 0 Å². The molecule has 2 amide bonds. The van der Waals surface area contributed by atoms with Gasteiger partial charge in [0.2, 0.25) is 11.8 Å². The minimum atomic E-state index is -0.332. The molecule has 0 radical (unpaired) electrons. The average molecular weight is 429 g/mol. The fourth-order valence-corrected chi connectivity index (χ4v) is 4.44. The van der Waals surface area contributed by atoms with Crippen molar-refractivity contribution in [3.05, 3.63) is 55.1 Å². The van der Waals surface area contributed by atoms with Gasteiger partial charge in [-0.15, -0.1) is 11.3 Å². The molecule has 1 aliphatic heterocycles. The molecule has 1 fully saturated rings. The van der Waals surface area contributed by atoms with E-state index in [4.69, 9.17) is 0 Å². The van der Waals surface area contributed by atoms with Gasteiger partial charge in [-0.05, 0) is 45.8 Å². The second kappa shape index (κ2) is 6.02. The van der Waals surface area contributed by atoms with Gasteiger partial charge >= 0.3 is 0 Å². The lowest BCUT2D eigenvalue weighted by atomic mass is 9.80. The summed E-state index contributed by atoms with van der Waals surface area (Å²) in [5.41, 5.74) is 0.928.